The molecule has 1 aromatic carbocycles. The maximum atomic E-state index is 12.3. The fourth-order valence-corrected chi connectivity index (χ4v) is 2.83. The number of carboxylic acid groups (broad SMARTS) is 1. The lowest BCUT2D eigenvalue weighted by Gasteiger charge is -2.26. The van der Waals surface area contributed by atoms with E-state index in [1.165, 1.54) is 26.0 Å². The van der Waals surface area contributed by atoms with Crippen molar-refractivity contribution in [3.8, 4) is 11.5 Å². The van der Waals surface area contributed by atoms with Crippen LogP contribution in [-0.4, -0.2) is 53.5 Å². The third kappa shape index (κ3) is 3.42. The zero-order valence-corrected chi connectivity index (χ0v) is 14.1. The van der Waals surface area contributed by atoms with Crippen LogP contribution in [0, 0.1) is 0 Å². The van der Waals surface area contributed by atoms with E-state index < -0.39 is 29.5 Å². The van der Waals surface area contributed by atoms with Crippen molar-refractivity contribution in [3.63, 3.8) is 0 Å². The van der Waals surface area contributed by atoms with E-state index in [1.54, 1.807) is 18.2 Å². The van der Waals surface area contributed by atoms with Crippen molar-refractivity contribution < 1.29 is 34.1 Å². The Labute approximate surface area is 144 Å². The first-order valence-corrected chi connectivity index (χ1v) is 7.50. The molecule has 1 amide bonds. The maximum Gasteiger partial charge on any atom is 0.305 e. The highest BCUT2D eigenvalue weighted by atomic mass is 16.5. The van der Waals surface area contributed by atoms with Gasteiger partial charge in [0.2, 0.25) is 0 Å². The number of ketones is 1. The molecule has 25 heavy (non-hydrogen) atoms. The standard InChI is InChI=1S/C17H19NO7/c1-9(19)14-15(10-4-5-11(24-2)12(8-10)25-3)18(7-6-13(20)21)17(23)16(14)22/h4-5,8,15,22H,6-7H2,1-3H3,(H,20,21). The summed E-state index contributed by atoms with van der Waals surface area (Å²) < 4.78 is 10.4. The van der Waals surface area contributed by atoms with Gasteiger partial charge in [0.15, 0.2) is 23.0 Å². The number of carbonyl (C=O) groups is 3. The minimum atomic E-state index is -1.09. The molecule has 0 fully saturated rings. The molecular weight excluding hydrogens is 330 g/mol. The largest absolute Gasteiger partial charge is 0.503 e. The number of aliphatic carboxylic acids is 1. The molecular formula is C17H19NO7. The Kier molecular flexibility index (Phi) is 5.31. The zero-order chi connectivity index (χ0) is 18.7. The number of hydrogen-bond donors (Lipinski definition) is 2. The Morgan fingerprint density at radius 1 is 1.20 bits per heavy atom. The van der Waals surface area contributed by atoms with Crippen LogP contribution < -0.4 is 9.47 Å². The van der Waals surface area contributed by atoms with Gasteiger partial charge in [0.05, 0.1) is 32.3 Å². The van der Waals surface area contributed by atoms with Gasteiger partial charge in [-0.1, -0.05) is 6.07 Å². The smallest absolute Gasteiger partial charge is 0.305 e. The number of nitrogens with zero attached hydrogens (tertiary/aromatic N) is 1. The van der Waals surface area contributed by atoms with E-state index in [0.717, 1.165) is 0 Å². The van der Waals surface area contributed by atoms with E-state index >= 15 is 0 Å². The van der Waals surface area contributed by atoms with E-state index in [0.29, 0.717) is 17.1 Å². The molecule has 0 bridgehead atoms. The predicted molar refractivity (Wildman–Crippen MR) is 86.6 cm³/mol. The highest BCUT2D eigenvalue weighted by molar-refractivity contribution is 6.08. The van der Waals surface area contributed by atoms with E-state index in [1.807, 2.05) is 0 Å². The molecule has 8 nitrogen and oxygen atoms in total. The van der Waals surface area contributed by atoms with Gasteiger partial charge < -0.3 is 24.6 Å². The summed E-state index contributed by atoms with van der Waals surface area (Å²) in [6.07, 6.45) is -0.312. The van der Waals surface area contributed by atoms with Crippen LogP contribution in [0.15, 0.2) is 29.5 Å². The Balaban J connectivity index is 2.52. The van der Waals surface area contributed by atoms with Crippen molar-refractivity contribution in [2.24, 2.45) is 0 Å². The number of Topliss-reactive ketones (excluding diaryl/α,β-unsaturated/α-hetero) is 1. The van der Waals surface area contributed by atoms with E-state index in [9.17, 15) is 19.5 Å². The van der Waals surface area contributed by atoms with Gasteiger partial charge in [-0.3, -0.25) is 14.4 Å². The quantitative estimate of drug-likeness (QED) is 0.766. The van der Waals surface area contributed by atoms with Crippen molar-refractivity contribution in [1.29, 1.82) is 0 Å². The molecule has 1 heterocycles. The van der Waals surface area contributed by atoms with Crippen molar-refractivity contribution in [2.45, 2.75) is 19.4 Å². The molecule has 0 aromatic heterocycles. The van der Waals surface area contributed by atoms with Gasteiger partial charge in [0, 0.05) is 6.54 Å². The SMILES string of the molecule is COc1ccc(C2C(C(C)=O)=C(O)C(=O)N2CCC(=O)O)cc1OC. The van der Waals surface area contributed by atoms with Gasteiger partial charge in [-0.25, -0.2) is 0 Å². The molecule has 2 N–H and O–H groups in total. The fraction of sp³-hybridized carbons (Fsp3) is 0.353. The lowest BCUT2D eigenvalue weighted by atomic mass is 9.96. The molecule has 134 valence electrons. The molecule has 1 aliphatic rings. The Bertz CT molecular complexity index is 753. The normalized spacial score (nSPS) is 17.0. The Morgan fingerprint density at radius 3 is 2.36 bits per heavy atom. The summed E-state index contributed by atoms with van der Waals surface area (Å²) in [6, 6.07) is 3.95. The maximum absolute atomic E-state index is 12.3. The summed E-state index contributed by atoms with van der Waals surface area (Å²) in [5.74, 6) is -2.13. The number of aliphatic hydroxyl groups is 1. The first kappa shape index (κ1) is 18.3. The number of hydrogen-bond acceptors (Lipinski definition) is 6. The number of rotatable bonds is 7. The molecule has 8 heteroatoms. The van der Waals surface area contributed by atoms with E-state index in [-0.39, 0.29) is 18.5 Å². The lowest BCUT2D eigenvalue weighted by molar-refractivity contribution is -0.138. The molecule has 1 unspecified atom stereocenters. The average Bonchev–Trinajstić information content (AvgIpc) is 2.83. The van der Waals surface area contributed by atoms with Gasteiger partial charge in [-0.2, -0.15) is 0 Å². The summed E-state index contributed by atoms with van der Waals surface area (Å²) in [7, 11) is 2.92. The first-order chi connectivity index (χ1) is 11.8. The molecule has 1 aliphatic heterocycles. The van der Waals surface area contributed by atoms with Crippen LogP contribution in [0.2, 0.25) is 0 Å². The zero-order valence-electron chi connectivity index (χ0n) is 14.1. The summed E-state index contributed by atoms with van der Waals surface area (Å²) >= 11 is 0. The number of benzene rings is 1. The van der Waals surface area contributed by atoms with Gasteiger partial charge in [0.25, 0.3) is 5.91 Å². The topological polar surface area (TPSA) is 113 Å². The highest BCUT2D eigenvalue weighted by Crippen LogP contribution is 2.40. The average molecular weight is 349 g/mol. The van der Waals surface area contributed by atoms with Gasteiger partial charge in [-0.05, 0) is 24.6 Å². The molecule has 0 saturated heterocycles. The minimum absolute atomic E-state index is 0.0670. The van der Waals surface area contributed by atoms with Crippen molar-refractivity contribution in [2.75, 3.05) is 20.8 Å². The van der Waals surface area contributed by atoms with E-state index in [2.05, 4.69) is 0 Å². The molecule has 1 atom stereocenters. The van der Waals surface area contributed by atoms with Crippen molar-refractivity contribution in [3.05, 3.63) is 35.1 Å². The molecule has 2 rings (SSSR count). The summed E-state index contributed by atoms with van der Waals surface area (Å²) in [4.78, 5) is 36.3. The fourth-order valence-electron chi connectivity index (χ4n) is 2.83. The number of amides is 1. The summed E-state index contributed by atoms with van der Waals surface area (Å²) in [5.41, 5.74) is 0.438. The second-order valence-electron chi connectivity index (χ2n) is 5.48. The van der Waals surface area contributed by atoms with Crippen molar-refractivity contribution in [1.82, 2.24) is 4.90 Å². The minimum Gasteiger partial charge on any atom is -0.503 e. The first-order valence-electron chi connectivity index (χ1n) is 7.50. The summed E-state index contributed by atoms with van der Waals surface area (Å²) in [6.45, 7) is 1.10. The monoisotopic (exact) mass is 349 g/mol. The second kappa shape index (κ2) is 7.25. The van der Waals surface area contributed by atoms with Gasteiger partial charge in [-0.15, -0.1) is 0 Å². The second-order valence-corrected chi connectivity index (χ2v) is 5.48. The number of ether oxygens (including phenoxy) is 2. The number of aliphatic hydroxyl groups excluding tert-OH is 1. The molecule has 0 saturated carbocycles. The van der Waals surface area contributed by atoms with Crippen LogP contribution in [0.1, 0.15) is 24.9 Å². The van der Waals surface area contributed by atoms with Gasteiger partial charge >= 0.3 is 5.97 Å². The van der Waals surface area contributed by atoms with Crippen LogP contribution in [0.3, 0.4) is 0 Å². The third-order valence-electron chi connectivity index (χ3n) is 3.97. The van der Waals surface area contributed by atoms with Crippen LogP contribution >= 0.6 is 0 Å². The molecule has 1 aromatic rings. The predicted octanol–water partition coefficient (Wildman–Crippen LogP) is 1.46. The molecule has 0 spiro atoms. The van der Waals surface area contributed by atoms with Crippen molar-refractivity contribution >= 4 is 17.7 Å². The highest BCUT2D eigenvalue weighted by Gasteiger charge is 2.42. The van der Waals surface area contributed by atoms with Gasteiger partial charge in [0.1, 0.15) is 0 Å². The Hall–Kier alpha value is -3.03. The number of carbonyl (C=O) groups excluding carboxylic acids is 2. The summed E-state index contributed by atoms with van der Waals surface area (Å²) in [5, 5.41) is 19.0. The van der Waals surface area contributed by atoms with Crippen LogP contribution in [0.5, 0.6) is 11.5 Å². The van der Waals surface area contributed by atoms with Crippen LogP contribution in [0.4, 0.5) is 0 Å². The van der Waals surface area contributed by atoms with Crippen LogP contribution in [-0.2, 0) is 14.4 Å². The lowest BCUT2D eigenvalue weighted by Crippen LogP contribution is -2.33. The van der Waals surface area contributed by atoms with E-state index in [4.69, 9.17) is 14.6 Å². The number of methoxy groups -OCH3 is 2. The molecule has 0 aliphatic carbocycles. The molecule has 0 radical (unpaired) electrons. The third-order valence-corrected chi connectivity index (χ3v) is 3.97. The number of carboxylic acids is 1. The van der Waals surface area contributed by atoms with Crippen LogP contribution in [0.25, 0.3) is 0 Å². The Morgan fingerprint density at radius 2 is 1.84 bits per heavy atom.